The number of hydrogen-bond donors (Lipinski definition) is 2. The Hall–Kier alpha value is -3.87. The van der Waals surface area contributed by atoms with E-state index in [-0.39, 0.29) is 11.9 Å². The highest BCUT2D eigenvalue weighted by molar-refractivity contribution is 6.00. The number of carbonyl (C=O) groups excluding carboxylic acids is 1. The maximum atomic E-state index is 12.1. The fraction of sp³-hybridized carbons (Fsp3) is 0.136. The van der Waals surface area contributed by atoms with Crippen LogP contribution in [0.15, 0.2) is 65.2 Å². The summed E-state index contributed by atoms with van der Waals surface area (Å²) in [7, 11) is 3.96. The quantitative estimate of drug-likeness (QED) is 0.491. The number of carbonyl (C=O) groups is 1. The molecule has 2 aromatic heterocycles. The first kappa shape index (κ1) is 18.5. The summed E-state index contributed by atoms with van der Waals surface area (Å²) < 4.78 is 5.56. The lowest BCUT2D eigenvalue weighted by Crippen LogP contribution is -2.08. The molecular formula is C22H21N5O2. The van der Waals surface area contributed by atoms with Crippen molar-refractivity contribution in [3.05, 3.63) is 77.8 Å². The molecule has 4 rings (SSSR count). The van der Waals surface area contributed by atoms with Crippen LogP contribution in [0.5, 0.6) is 0 Å². The summed E-state index contributed by atoms with van der Waals surface area (Å²) in [6.07, 6.45) is 5.59. The van der Waals surface area contributed by atoms with E-state index < -0.39 is 0 Å². The van der Waals surface area contributed by atoms with Crippen LogP contribution in [0.4, 0.5) is 11.7 Å². The molecule has 29 heavy (non-hydrogen) atoms. The van der Waals surface area contributed by atoms with Gasteiger partial charge in [-0.05, 0) is 35.4 Å². The zero-order valence-corrected chi connectivity index (χ0v) is 16.2. The van der Waals surface area contributed by atoms with Crippen molar-refractivity contribution in [1.82, 2.24) is 15.2 Å². The number of hydrogen-bond acceptors (Lipinski definition) is 5. The largest absolute Gasteiger partial charge is 0.407 e. The molecule has 7 nitrogen and oxygen atoms in total. The molecule has 0 aliphatic heterocycles. The third-order valence-corrected chi connectivity index (χ3v) is 4.55. The molecule has 7 heteroatoms. The van der Waals surface area contributed by atoms with Crippen LogP contribution in [0.25, 0.3) is 17.0 Å². The Morgan fingerprint density at radius 2 is 1.93 bits per heavy atom. The molecular weight excluding hydrogens is 366 g/mol. The van der Waals surface area contributed by atoms with Crippen LogP contribution in [-0.4, -0.2) is 35.2 Å². The number of rotatable bonds is 6. The van der Waals surface area contributed by atoms with Crippen molar-refractivity contribution in [1.29, 1.82) is 0 Å². The molecule has 0 saturated carbocycles. The van der Waals surface area contributed by atoms with Gasteiger partial charge in [-0.3, -0.25) is 10.1 Å². The van der Waals surface area contributed by atoms with Crippen molar-refractivity contribution in [3.8, 4) is 0 Å². The van der Waals surface area contributed by atoms with E-state index >= 15 is 0 Å². The first-order chi connectivity index (χ1) is 14.1. The van der Waals surface area contributed by atoms with E-state index in [2.05, 4.69) is 20.5 Å². The topological polar surface area (TPSA) is 87.0 Å². The second kappa shape index (κ2) is 8.02. The summed E-state index contributed by atoms with van der Waals surface area (Å²) in [5.74, 6) is 0.109. The molecule has 0 aliphatic rings. The lowest BCUT2D eigenvalue weighted by atomic mass is 10.1. The van der Waals surface area contributed by atoms with E-state index in [0.717, 1.165) is 27.7 Å². The van der Waals surface area contributed by atoms with Crippen LogP contribution in [-0.2, 0) is 11.2 Å². The van der Waals surface area contributed by atoms with Gasteiger partial charge in [-0.1, -0.05) is 35.4 Å². The van der Waals surface area contributed by atoms with E-state index in [4.69, 9.17) is 4.42 Å². The molecule has 2 N–H and O–H groups in total. The Bertz CT molecular complexity index is 1160. The fourth-order valence-electron chi connectivity index (χ4n) is 3.02. The van der Waals surface area contributed by atoms with Gasteiger partial charge >= 0.3 is 6.01 Å². The van der Waals surface area contributed by atoms with Crippen LogP contribution < -0.4 is 10.2 Å². The minimum Gasteiger partial charge on any atom is -0.407 e. The highest BCUT2D eigenvalue weighted by Gasteiger charge is 2.11. The lowest BCUT2D eigenvalue weighted by Gasteiger charge is -2.11. The predicted octanol–water partition coefficient (Wildman–Crippen LogP) is 3.86. The van der Waals surface area contributed by atoms with Crippen molar-refractivity contribution in [2.45, 2.75) is 6.42 Å². The van der Waals surface area contributed by atoms with Crippen LogP contribution in [0.2, 0.25) is 0 Å². The Labute approximate surface area is 168 Å². The predicted molar refractivity (Wildman–Crippen MR) is 114 cm³/mol. The van der Waals surface area contributed by atoms with Gasteiger partial charge < -0.3 is 14.3 Å². The van der Waals surface area contributed by atoms with Gasteiger partial charge in [0.05, 0.1) is 6.42 Å². The Morgan fingerprint density at radius 1 is 1.14 bits per heavy atom. The van der Waals surface area contributed by atoms with Gasteiger partial charge in [0.25, 0.3) is 5.91 Å². The average Bonchev–Trinajstić information content (AvgIpc) is 3.34. The Kier molecular flexibility index (Phi) is 5.11. The number of aromatic amines is 1. The first-order valence-electron chi connectivity index (χ1n) is 9.22. The zero-order valence-electron chi connectivity index (χ0n) is 16.2. The highest BCUT2D eigenvalue weighted by atomic mass is 16.4. The lowest BCUT2D eigenvalue weighted by molar-refractivity contribution is -0.112. The van der Waals surface area contributed by atoms with Crippen molar-refractivity contribution in [3.63, 3.8) is 0 Å². The van der Waals surface area contributed by atoms with Crippen LogP contribution in [0, 0.1) is 0 Å². The summed E-state index contributed by atoms with van der Waals surface area (Å²) in [6.45, 7) is 0. The number of nitrogens with zero attached hydrogens (tertiary/aromatic N) is 3. The minimum atomic E-state index is -0.330. The summed E-state index contributed by atoms with van der Waals surface area (Å²) in [5, 5.41) is 11.6. The number of fused-ring (bicyclic) bond motifs is 1. The van der Waals surface area contributed by atoms with Crippen LogP contribution >= 0.6 is 0 Å². The highest BCUT2D eigenvalue weighted by Crippen LogP contribution is 2.21. The Balaban J connectivity index is 1.37. The van der Waals surface area contributed by atoms with Gasteiger partial charge in [-0.2, -0.15) is 0 Å². The van der Waals surface area contributed by atoms with E-state index in [1.165, 1.54) is 6.08 Å². The molecule has 0 aliphatic carbocycles. The second-order valence-electron chi connectivity index (χ2n) is 6.85. The summed E-state index contributed by atoms with van der Waals surface area (Å²) in [5.41, 5.74) is 4.14. The standard InChI is InChI=1S/C22H21N5O2/c1-27(2)17-10-7-15(8-11-17)9-12-20(28)24-22-26-25-21(29-22)13-16-14-23-19-6-4-3-5-18(16)19/h3-12,14,23H,13H2,1-2H3,(H,24,26,28)/b12-9+. The molecule has 0 unspecified atom stereocenters. The third-order valence-electron chi connectivity index (χ3n) is 4.55. The average molecular weight is 387 g/mol. The van der Waals surface area contributed by atoms with E-state index in [1.54, 1.807) is 6.08 Å². The van der Waals surface area contributed by atoms with Gasteiger partial charge in [0, 0.05) is 43.0 Å². The van der Waals surface area contributed by atoms with E-state index in [0.29, 0.717) is 12.3 Å². The molecule has 146 valence electrons. The molecule has 1 amide bonds. The SMILES string of the molecule is CN(C)c1ccc(/C=C/C(=O)Nc2nnc(Cc3c[nH]c4ccccc34)o2)cc1. The van der Waals surface area contributed by atoms with Crippen molar-refractivity contribution >= 4 is 34.6 Å². The fourth-order valence-corrected chi connectivity index (χ4v) is 3.02. The number of benzene rings is 2. The molecule has 2 aromatic carbocycles. The number of para-hydroxylation sites is 1. The monoisotopic (exact) mass is 387 g/mol. The number of amides is 1. The van der Waals surface area contributed by atoms with Gasteiger partial charge in [0.15, 0.2) is 0 Å². The van der Waals surface area contributed by atoms with Crippen LogP contribution in [0.1, 0.15) is 17.0 Å². The van der Waals surface area contributed by atoms with Gasteiger partial charge in [0.1, 0.15) is 0 Å². The van der Waals surface area contributed by atoms with Gasteiger partial charge in [0.2, 0.25) is 5.89 Å². The molecule has 0 saturated heterocycles. The Morgan fingerprint density at radius 3 is 2.72 bits per heavy atom. The smallest absolute Gasteiger partial charge is 0.322 e. The number of H-pyrrole nitrogens is 1. The van der Waals surface area contributed by atoms with E-state index in [9.17, 15) is 4.79 Å². The summed E-state index contributed by atoms with van der Waals surface area (Å²) in [4.78, 5) is 17.4. The number of aromatic nitrogens is 3. The number of anilines is 2. The van der Waals surface area contributed by atoms with Crippen molar-refractivity contribution in [2.24, 2.45) is 0 Å². The second-order valence-corrected chi connectivity index (χ2v) is 6.85. The third kappa shape index (κ3) is 4.35. The maximum Gasteiger partial charge on any atom is 0.322 e. The molecule has 0 atom stereocenters. The first-order valence-corrected chi connectivity index (χ1v) is 9.22. The summed E-state index contributed by atoms with van der Waals surface area (Å²) >= 11 is 0. The molecule has 0 bridgehead atoms. The van der Waals surface area contributed by atoms with Crippen molar-refractivity contribution in [2.75, 3.05) is 24.3 Å². The maximum absolute atomic E-state index is 12.1. The molecule has 4 aromatic rings. The number of nitrogens with one attached hydrogen (secondary N) is 2. The van der Waals surface area contributed by atoms with E-state index in [1.807, 2.05) is 73.7 Å². The van der Waals surface area contributed by atoms with Gasteiger partial charge in [-0.15, -0.1) is 5.10 Å². The van der Waals surface area contributed by atoms with Crippen molar-refractivity contribution < 1.29 is 9.21 Å². The normalized spacial score (nSPS) is 11.2. The zero-order chi connectivity index (χ0) is 20.2. The molecule has 2 heterocycles. The van der Waals surface area contributed by atoms with Gasteiger partial charge in [-0.25, -0.2) is 0 Å². The molecule has 0 spiro atoms. The summed E-state index contributed by atoms with van der Waals surface area (Å²) in [6, 6.07) is 16.0. The molecule has 0 fully saturated rings. The molecule has 0 radical (unpaired) electrons. The van der Waals surface area contributed by atoms with Crippen LogP contribution in [0.3, 0.4) is 0 Å². The minimum absolute atomic E-state index is 0.0810.